The maximum atomic E-state index is 9.27. The highest BCUT2D eigenvalue weighted by Crippen LogP contribution is 2.06. The highest BCUT2D eigenvalue weighted by molar-refractivity contribution is 6.17. The molecule has 0 rings (SSSR count). The Morgan fingerprint density at radius 1 is 1.46 bits per heavy atom. The van der Waals surface area contributed by atoms with Crippen LogP contribution >= 0.6 is 11.6 Å². The van der Waals surface area contributed by atoms with Crippen molar-refractivity contribution in [2.24, 2.45) is 0 Å². The van der Waals surface area contributed by atoms with Crippen LogP contribution in [-0.4, -0.2) is 48.3 Å². The largest absolute Gasteiger partial charge is 1.00 e. The highest BCUT2D eigenvalue weighted by Gasteiger charge is 2.20. The first-order chi connectivity index (χ1) is 5.54. The topological polar surface area (TPSA) is 20.2 Å². The van der Waals surface area contributed by atoms with Gasteiger partial charge in [0, 0.05) is 12.3 Å². The molecule has 0 radical (unpaired) electrons. The van der Waals surface area contributed by atoms with Gasteiger partial charge in [0.25, 0.3) is 0 Å². The SMILES string of the molecule is CC[N+](C)(CCCCl)CC(C)O.[Cl-]. The molecule has 0 heterocycles. The third-order valence-corrected chi connectivity index (χ3v) is 2.57. The van der Waals surface area contributed by atoms with Crippen LogP contribution in [0.2, 0.25) is 0 Å². The van der Waals surface area contributed by atoms with Crippen LogP contribution in [-0.2, 0) is 0 Å². The number of halogens is 2. The fourth-order valence-electron chi connectivity index (χ4n) is 1.46. The second kappa shape index (κ2) is 7.86. The van der Waals surface area contributed by atoms with Crippen LogP contribution in [0.15, 0.2) is 0 Å². The van der Waals surface area contributed by atoms with Crippen molar-refractivity contribution in [3.05, 3.63) is 0 Å². The lowest BCUT2D eigenvalue weighted by molar-refractivity contribution is -0.910. The summed E-state index contributed by atoms with van der Waals surface area (Å²) in [5.74, 6) is 0.716. The summed E-state index contributed by atoms with van der Waals surface area (Å²) >= 11 is 5.63. The van der Waals surface area contributed by atoms with E-state index in [-0.39, 0.29) is 18.5 Å². The number of hydrogen-bond donors (Lipinski definition) is 1. The zero-order chi connectivity index (χ0) is 9.61. The van der Waals surface area contributed by atoms with Crippen LogP contribution in [0, 0.1) is 0 Å². The minimum Gasteiger partial charge on any atom is -1.00 e. The van der Waals surface area contributed by atoms with Crippen molar-refractivity contribution in [1.29, 1.82) is 0 Å². The van der Waals surface area contributed by atoms with Crippen LogP contribution in [0.25, 0.3) is 0 Å². The molecule has 0 aromatic rings. The van der Waals surface area contributed by atoms with Crippen LogP contribution in [0.5, 0.6) is 0 Å². The summed E-state index contributed by atoms with van der Waals surface area (Å²) in [5, 5.41) is 9.27. The van der Waals surface area contributed by atoms with Crippen LogP contribution in [0.1, 0.15) is 20.3 Å². The quantitative estimate of drug-likeness (QED) is 0.433. The first-order valence-corrected chi connectivity index (χ1v) is 5.15. The molecule has 0 bridgehead atoms. The number of aliphatic hydroxyl groups excluding tert-OH is 1. The van der Waals surface area contributed by atoms with Gasteiger partial charge in [-0.3, -0.25) is 0 Å². The Morgan fingerprint density at radius 2 is 2.00 bits per heavy atom. The van der Waals surface area contributed by atoms with Gasteiger partial charge in [-0.05, 0) is 13.8 Å². The fourth-order valence-corrected chi connectivity index (χ4v) is 1.58. The summed E-state index contributed by atoms with van der Waals surface area (Å²) in [7, 11) is 2.17. The van der Waals surface area contributed by atoms with Gasteiger partial charge in [-0.1, -0.05) is 0 Å². The smallest absolute Gasteiger partial charge is 0.104 e. The number of alkyl halides is 1. The van der Waals surface area contributed by atoms with E-state index in [2.05, 4.69) is 14.0 Å². The highest BCUT2D eigenvalue weighted by atomic mass is 35.5. The fraction of sp³-hybridized carbons (Fsp3) is 1.00. The molecule has 0 fully saturated rings. The predicted molar refractivity (Wildman–Crippen MR) is 53.5 cm³/mol. The van der Waals surface area contributed by atoms with E-state index >= 15 is 0 Å². The lowest BCUT2D eigenvalue weighted by Crippen LogP contribution is -3.00. The van der Waals surface area contributed by atoms with Crippen molar-refractivity contribution >= 4 is 11.6 Å². The first-order valence-electron chi connectivity index (χ1n) is 4.61. The molecule has 82 valence electrons. The van der Waals surface area contributed by atoms with Crippen LogP contribution in [0.3, 0.4) is 0 Å². The maximum Gasteiger partial charge on any atom is 0.104 e. The Hall–Kier alpha value is 0.500. The standard InChI is InChI=1S/C9H21ClNO.ClH/c1-4-11(3,7-5-6-10)8-9(2)12;/h9,12H,4-8H2,1-3H3;1H/q+1;/p-1. The molecule has 0 aliphatic heterocycles. The molecule has 0 saturated heterocycles. The predicted octanol–water partition coefficient (Wildman–Crippen LogP) is -1.53. The zero-order valence-corrected chi connectivity index (χ0v) is 10.3. The average Bonchev–Trinajstić information content (AvgIpc) is 2.00. The Kier molecular flexibility index (Phi) is 9.65. The number of rotatable bonds is 6. The summed E-state index contributed by atoms with van der Waals surface area (Å²) < 4.78 is 0.921. The first kappa shape index (κ1) is 15.9. The summed E-state index contributed by atoms with van der Waals surface area (Å²) in [4.78, 5) is 0. The van der Waals surface area contributed by atoms with Crippen molar-refractivity contribution in [2.45, 2.75) is 26.4 Å². The molecule has 1 N–H and O–H groups in total. The van der Waals surface area contributed by atoms with Crippen LogP contribution in [0.4, 0.5) is 0 Å². The molecule has 13 heavy (non-hydrogen) atoms. The van der Waals surface area contributed by atoms with Gasteiger partial charge in [0.05, 0.1) is 20.1 Å². The van der Waals surface area contributed by atoms with E-state index < -0.39 is 0 Å². The molecule has 0 aliphatic carbocycles. The number of likely N-dealkylation sites (N-methyl/N-ethyl adjacent to an activating group) is 1. The molecule has 0 amide bonds. The molecule has 2 nitrogen and oxygen atoms in total. The molecule has 0 spiro atoms. The molecule has 0 aromatic heterocycles. The van der Waals surface area contributed by atoms with Gasteiger partial charge in [-0.2, -0.15) is 0 Å². The number of quaternary nitrogens is 1. The van der Waals surface area contributed by atoms with Gasteiger partial charge in [-0.15, -0.1) is 11.6 Å². The molecular weight excluding hydrogens is 209 g/mol. The van der Waals surface area contributed by atoms with Crippen molar-refractivity contribution < 1.29 is 22.0 Å². The number of hydrogen-bond acceptors (Lipinski definition) is 1. The summed E-state index contributed by atoms with van der Waals surface area (Å²) in [6.45, 7) is 6.93. The van der Waals surface area contributed by atoms with Gasteiger partial charge < -0.3 is 22.0 Å². The molecule has 4 heteroatoms. The van der Waals surface area contributed by atoms with Gasteiger partial charge in [0.1, 0.15) is 12.6 Å². The molecular formula is C9H21Cl2NO. The van der Waals surface area contributed by atoms with E-state index in [0.29, 0.717) is 5.88 Å². The van der Waals surface area contributed by atoms with Gasteiger partial charge in [-0.25, -0.2) is 0 Å². The average molecular weight is 230 g/mol. The van der Waals surface area contributed by atoms with Crippen LogP contribution < -0.4 is 12.4 Å². The summed E-state index contributed by atoms with van der Waals surface area (Å²) in [6, 6.07) is 0. The Morgan fingerprint density at radius 3 is 2.31 bits per heavy atom. The van der Waals surface area contributed by atoms with Gasteiger partial charge >= 0.3 is 0 Å². The second-order valence-electron chi connectivity index (χ2n) is 3.73. The Bertz CT molecular complexity index is 122. The van der Waals surface area contributed by atoms with E-state index in [1.807, 2.05) is 6.92 Å². The van der Waals surface area contributed by atoms with Crippen molar-refractivity contribution in [2.75, 3.05) is 32.6 Å². The maximum absolute atomic E-state index is 9.27. The summed E-state index contributed by atoms with van der Waals surface area (Å²) in [6.07, 6.45) is 0.809. The van der Waals surface area contributed by atoms with E-state index in [4.69, 9.17) is 11.6 Å². The normalized spacial score (nSPS) is 17.3. The van der Waals surface area contributed by atoms with Gasteiger partial charge in [0.2, 0.25) is 0 Å². The molecule has 2 unspecified atom stereocenters. The van der Waals surface area contributed by atoms with Crippen molar-refractivity contribution in [3.8, 4) is 0 Å². The van der Waals surface area contributed by atoms with Crippen molar-refractivity contribution in [1.82, 2.24) is 0 Å². The lowest BCUT2D eigenvalue weighted by Gasteiger charge is -2.34. The molecule has 2 atom stereocenters. The van der Waals surface area contributed by atoms with E-state index in [9.17, 15) is 5.11 Å². The molecule has 0 aromatic carbocycles. The molecule has 0 saturated carbocycles. The minimum atomic E-state index is -0.217. The second-order valence-corrected chi connectivity index (χ2v) is 4.11. The molecule has 0 aliphatic rings. The third-order valence-electron chi connectivity index (χ3n) is 2.30. The number of nitrogens with zero attached hydrogens (tertiary/aromatic N) is 1. The zero-order valence-electron chi connectivity index (χ0n) is 8.76. The Balaban J connectivity index is 0. The lowest BCUT2D eigenvalue weighted by atomic mass is 10.2. The van der Waals surface area contributed by atoms with E-state index in [0.717, 1.165) is 30.5 Å². The monoisotopic (exact) mass is 229 g/mol. The summed E-state index contributed by atoms with van der Waals surface area (Å²) in [5.41, 5.74) is 0. The Labute approximate surface area is 92.9 Å². The minimum absolute atomic E-state index is 0. The van der Waals surface area contributed by atoms with E-state index in [1.165, 1.54) is 0 Å². The number of aliphatic hydroxyl groups is 1. The third kappa shape index (κ3) is 7.56. The van der Waals surface area contributed by atoms with E-state index in [1.54, 1.807) is 0 Å². The van der Waals surface area contributed by atoms with Gasteiger partial charge in [0.15, 0.2) is 0 Å². The van der Waals surface area contributed by atoms with Crippen molar-refractivity contribution in [3.63, 3.8) is 0 Å².